The molecule has 0 atom stereocenters. The minimum atomic E-state index is -0.624. The van der Waals surface area contributed by atoms with Crippen LogP contribution in [0.25, 0.3) is 0 Å². The Morgan fingerprint density at radius 3 is 2.72 bits per heavy atom. The molecule has 0 radical (unpaired) electrons. The SMILES string of the molecule is Cc1cc(N2CCC(NC(=O)c3[nH]ncc3[N+](=O)[O-])CC2)nc(C)n1. The van der Waals surface area contributed by atoms with Crippen molar-refractivity contribution in [2.45, 2.75) is 32.7 Å². The Bertz CT molecular complexity index is 776. The van der Waals surface area contributed by atoms with Crippen molar-refractivity contribution in [2.75, 3.05) is 18.0 Å². The zero-order chi connectivity index (χ0) is 18.0. The number of H-pyrrole nitrogens is 1. The van der Waals surface area contributed by atoms with Crippen LogP contribution in [0.2, 0.25) is 0 Å². The first-order chi connectivity index (χ1) is 11.9. The molecule has 1 aliphatic rings. The van der Waals surface area contributed by atoms with Gasteiger partial charge >= 0.3 is 5.69 Å². The molecule has 0 aliphatic carbocycles. The van der Waals surface area contributed by atoms with Crippen LogP contribution in [0.5, 0.6) is 0 Å². The van der Waals surface area contributed by atoms with Crippen molar-refractivity contribution >= 4 is 17.4 Å². The first-order valence-electron chi connectivity index (χ1n) is 8.00. The van der Waals surface area contributed by atoms with Gasteiger partial charge in [0.2, 0.25) is 5.69 Å². The smallest absolute Gasteiger partial charge is 0.319 e. The predicted molar refractivity (Wildman–Crippen MR) is 89.4 cm³/mol. The maximum absolute atomic E-state index is 12.2. The average Bonchev–Trinajstić information content (AvgIpc) is 3.04. The monoisotopic (exact) mass is 345 g/mol. The van der Waals surface area contributed by atoms with Crippen LogP contribution in [-0.4, -0.2) is 50.1 Å². The van der Waals surface area contributed by atoms with E-state index in [2.05, 4.69) is 30.4 Å². The van der Waals surface area contributed by atoms with Crippen LogP contribution >= 0.6 is 0 Å². The number of aryl methyl sites for hydroxylation is 2. The van der Waals surface area contributed by atoms with E-state index in [9.17, 15) is 14.9 Å². The first-order valence-corrected chi connectivity index (χ1v) is 8.00. The Balaban J connectivity index is 1.60. The van der Waals surface area contributed by atoms with Gasteiger partial charge < -0.3 is 10.2 Å². The number of hydrogen-bond donors (Lipinski definition) is 2. The van der Waals surface area contributed by atoms with E-state index in [0.717, 1.165) is 49.5 Å². The van der Waals surface area contributed by atoms with Crippen LogP contribution in [-0.2, 0) is 0 Å². The lowest BCUT2D eigenvalue weighted by Crippen LogP contribution is -2.45. The first kappa shape index (κ1) is 16.8. The molecule has 1 saturated heterocycles. The second kappa shape index (κ2) is 6.83. The molecule has 132 valence electrons. The predicted octanol–water partition coefficient (Wildman–Crippen LogP) is 1.12. The topological polar surface area (TPSA) is 130 Å². The van der Waals surface area contributed by atoms with Crippen molar-refractivity contribution in [3.8, 4) is 0 Å². The molecule has 2 N–H and O–H groups in total. The van der Waals surface area contributed by atoms with Crippen molar-refractivity contribution in [1.29, 1.82) is 0 Å². The third-order valence-corrected chi connectivity index (χ3v) is 4.15. The highest BCUT2D eigenvalue weighted by atomic mass is 16.6. The number of carbonyl (C=O) groups is 1. The highest BCUT2D eigenvalue weighted by Crippen LogP contribution is 2.20. The van der Waals surface area contributed by atoms with Gasteiger partial charge in [0.15, 0.2) is 0 Å². The third-order valence-electron chi connectivity index (χ3n) is 4.15. The normalized spacial score (nSPS) is 15.2. The molecule has 1 aliphatic heterocycles. The molecule has 0 saturated carbocycles. The van der Waals surface area contributed by atoms with Gasteiger partial charge in [0, 0.05) is 30.9 Å². The van der Waals surface area contributed by atoms with E-state index >= 15 is 0 Å². The number of amides is 1. The molecule has 0 bridgehead atoms. The van der Waals surface area contributed by atoms with Gasteiger partial charge in [0.1, 0.15) is 17.8 Å². The molecule has 3 heterocycles. The fraction of sp³-hybridized carbons (Fsp3) is 0.467. The van der Waals surface area contributed by atoms with E-state index in [4.69, 9.17) is 0 Å². The second-order valence-corrected chi connectivity index (χ2v) is 6.04. The lowest BCUT2D eigenvalue weighted by molar-refractivity contribution is -0.385. The van der Waals surface area contributed by atoms with Gasteiger partial charge in [-0.1, -0.05) is 0 Å². The number of piperidine rings is 1. The summed E-state index contributed by atoms with van der Waals surface area (Å²) in [6.07, 6.45) is 2.50. The van der Waals surface area contributed by atoms with E-state index in [1.807, 2.05) is 19.9 Å². The van der Waals surface area contributed by atoms with E-state index in [1.54, 1.807) is 0 Å². The Morgan fingerprint density at radius 2 is 2.08 bits per heavy atom. The summed E-state index contributed by atoms with van der Waals surface area (Å²) < 4.78 is 0. The number of aromatic amines is 1. The molecule has 1 fully saturated rings. The van der Waals surface area contributed by atoms with Gasteiger partial charge in [0.25, 0.3) is 5.91 Å². The number of hydrogen-bond acceptors (Lipinski definition) is 7. The number of nitro groups is 1. The van der Waals surface area contributed by atoms with E-state index in [-0.39, 0.29) is 17.4 Å². The van der Waals surface area contributed by atoms with Crippen molar-refractivity contribution in [1.82, 2.24) is 25.5 Å². The number of rotatable bonds is 4. The molecule has 0 aromatic carbocycles. The van der Waals surface area contributed by atoms with Crippen molar-refractivity contribution < 1.29 is 9.72 Å². The lowest BCUT2D eigenvalue weighted by atomic mass is 10.0. The van der Waals surface area contributed by atoms with E-state index < -0.39 is 10.8 Å². The highest BCUT2D eigenvalue weighted by molar-refractivity contribution is 5.96. The number of anilines is 1. The molecule has 3 rings (SSSR count). The third kappa shape index (κ3) is 3.73. The van der Waals surface area contributed by atoms with Crippen LogP contribution in [0, 0.1) is 24.0 Å². The van der Waals surface area contributed by atoms with Crippen LogP contribution in [0.15, 0.2) is 12.3 Å². The fourth-order valence-corrected chi connectivity index (χ4v) is 2.96. The van der Waals surface area contributed by atoms with Gasteiger partial charge in [0.05, 0.1) is 4.92 Å². The molecular weight excluding hydrogens is 326 g/mol. The maximum atomic E-state index is 12.2. The number of nitrogens with one attached hydrogen (secondary N) is 2. The zero-order valence-corrected chi connectivity index (χ0v) is 14.0. The van der Waals surface area contributed by atoms with Crippen molar-refractivity contribution in [3.05, 3.63) is 39.6 Å². The molecule has 2 aromatic heterocycles. The van der Waals surface area contributed by atoms with Crippen LogP contribution in [0.3, 0.4) is 0 Å². The van der Waals surface area contributed by atoms with Gasteiger partial charge in [-0.05, 0) is 26.7 Å². The second-order valence-electron chi connectivity index (χ2n) is 6.04. The largest absolute Gasteiger partial charge is 0.356 e. The molecule has 2 aromatic rings. The van der Waals surface area contributed by atoms with Gasteiger partial charge in [-0.3, -0.25) is 20.0 Å². The summed E-state index contributed by atoms with van der Waals surface area (Å²) in [6.45, 7) is 5.28. The molecule has 10 heteroatoms. The standard InChI is InChI=1S/C15H19N7O3/c1-9-7-13(18-10(2)17-9)21-5-3-11(4-6-21)19-15(23)14-12(22(24)25)8-16-20-14/h7-8,11H,3-6H2,1-2H3,(H,16,20)(H,19,23). The Labute approximate surface area is 143 Å². The molecule has 10 nitrogen and oxygen atoms in total. The minimum Gasteiger partial charge on any atom is -0.356 e. The quantitative estimate of drug-likeness (QED) is 0.627. The van der Waals surface area contributed by atoms with Crippen LogP contribution in [0.4, 0.5) is 11.5 Å². The summed E-state index contributed by atoms with van der Waals surface area (Å²) >= 11 is 0. The fourth-order valence-electron chi connectivity index (χ4n) is 2.96. The summed E-state index contributed by atoms with van der Waals surface area (Å²) in [6, 6.07) is 1.90. The van der Waals surface area contributed by atoms with Crippen molar-refractivity contribution in [2.24, 2.45) is 0 Å². The lowest BCUT2D eigenvalue weighted by Gasteiger charge is -2.33. The molecule has 1 amide bonds. The summed E-state index contributed by atoms with van der Waals surface area (Å²) in [5, 5.41) is 19.7. The Kier molecular flexibility index (Phi) is 4.59. The maximum Gasteiger partial charge on any atom is 0.319 e. The van der Waals surface area contributed by atoms with Crippen molar-refractivity contribution in [3.63, 3.8) is 0 Å². The average molecular weight is 345 g/mol. The minimum absolute atomic E-state index is 0.0457. The number of aromatic nitrogens is 4. The Morgan fingerprint density at radius 1 is 1.36 bits per heavy atom. The molecular formula is C15H19N7O3. The zero-order valence-electron chi connectivity index (χ0n) is 14.0. The summed E-state index contributed by atoms with van der Waals surface area (Å²) in [7, 11) is 0. The number of carbonyl (C=O) groups excluding carboxylic acids is 1. The highest BCUT2D eigenvalue weighted by Gasteiger charge is 2.27. The van der Waals surface area contributed by atoms with E-state index in [1.165, 1.54) is 0 Å². The van der Waals surface area contributed by atoms with Crippen LogP contribution in [0.1, 0.15) is 34.8 Å². The van der Waals surface area contributed by atoms with Gasteiger partial charge in [-0.2, -0.15) is 5.10 Å². The molecule has 0 unspecified atom stereocenters. The summed E-state index contributed by atoms with van der Waals surface area (Å²) in [5.41, 5.74) is 0.487. The molecule has 0 spiro atoms. The number of nitrogens with zero attached hydrogens (tertiary/aromatic N) is 5. The van der Waals surface area contributed by atoms with Gasteiger partial charge in [-0.15, -0.1) is 0 Å². The Hall–Kier alpha value is -3.04. The van der Waals surface area contributed by atoms with E-state index in [0.29, 0.717) is 0 Å². The summed E-state index contributed by atoms with van der Waals surface area (Å²) in [4.78, 5) is 33.4. The van der Waals surface area contributed by atoms with Gasteiger partial charge in [-0.25, -0.2) is 9.97 Å². The van der Waals surface area contributed by atoms with Crippen LogP contribution < -0.4 is 10.2 Å². The molecule has 25 heavy (non-hydrogen) atoms. The summed E-state index contributed by atoms with van der Waals surface area (Å²) in [5.74, 6) is 1.12.